The topological polar surface area (TPSA) is 136 Å². The first kappa shape index (κ1) is 26.0. The fraction of sp³-hybridized carbons (Fsp3) is 0.542. The number of nitrogens with zero attached hydrogens (tertiary/aromatic N) is 3. The summed E-state index contributed by atoms with van der Waals surface area (Å²) in [5, 5.41) is 9.53. The second kappa shape index (κ2) is 10.7. The van der Waals surface area contributed by atoms with E-state index in [4.69, 9.17) is 14.0 Å². The molecule has 11 heteroatoms. The Hall–Kier alpha value is -3.63. The summed E-state index contributed by atoms with van der Waals surface area (Å²) in [6.45, 7) is 11.2. The molecule has 1 unspecified atom stereocenters. The van der Waals surface area contributed by atoms with E-state index >= 15 is 0 Å². The summed E-state index contributed by atoms with van der Waals surface area (Å²) < 4.78 is 15.9. The molecule has 0 fully saturated rings. The highest BCUT2D eigenvalue weighted by atomic mass is 16.6. The molecule has 0 spiro atoms. The molecule has 35 heavy (non-hydrogen) atoms. The van der Waals surface area contributed by atoms with Crippen molar-refractivity contribution in [3.8, 4) is 11.5 Å². The van der Waals surface area contributed by atoms with Crippen LogP contribution < -0.4 is 15.5 Å². The van der Waals surface area contributed by atoms with E-state index in [1.54, 1.807) is 45.6 Å². The third kappa shape index (κ3) is 7.17. The van der Waals surface area contributed by atoms with E-state index in [2.05, 4.69) is 20.8 Å². The van der Waals surface area contributed by atoms with E-state index in [0.29, 0.717) is 42.4 Å². The van der Waals surface area contributed by atoms with Gasteiger partial charge in [0.2, 0.25) is 5.91 Å². The smallest absolute Gasteiger partial charge is 0.407 e. The Bertz CT molecular complexity index is 1070. The molecule has 1 aliphatic heterocycles. The Morgan fingerprint density at radius 2 is 1.97 bits per heavy atom. The highest BCUT2D eigenvalue weighted by Crippen LogP contribution is 2.36. The highest BCUT2D eigenvalue weighted by Gasteiger charge is 2.29. The van der Waals surface area contributed by atoms with E-state index in [-0.39, 0.29) is 24.6 Å². The first-order chi connectivity index (χ1) is 16.4. The molecule has 1 aromatic heterocycles. The average Bonchev–Trinajstić information content (AvgIpc) is 3.20. The number of benzene rings is 1. The minimum Gasteiger partial charge on any atom is -0.447 e. The molecule has 1 atom stereocenters. The summed E-state index contributed by atoms with van der Waals surface area (Å²) in [4.78, 5) is 42.3. The van der Waals surface area contributed by atoms with Gasteiger partial charge in [0.05, 0.1) is 12.1 Å². The molecular formula is C24H33N5O6. The number of amides is 3. The lowest BCUT2D eigenvalue weighted by molar-refractivity contribution is -0.116. The number of aromatic nitrogens is 2. The molecule has 0 saturated heterocycles. The van der Waals surface area contributed by atoms with Crippen molar-refractivity contribution in [2.24, 2.45) is 0 Å². The quantitative estimate of drug-likeness (QED) is 0.629. The standard InChI is InChI=1S/C24H33N5O6/c1-14(2)33-23(32)26-18-10-12-29(15(3)30)19-8-7-16(13-17(18)19)21-27-20(28-35-21)9-11-25-22(31)34-24(4,5)6/h7-8,13-14,18H,9-12H2,1-6H3,(H,25,31)(H,26,32). The van der Waals surface area contributed by atoms with Gasteiger partial charge in [-0.3, -0.25) is 4.79 Å². The number of alkyl carbamates (subject to hydrolysis) is 2. The van der Waals surface area contributed by atoms with E-state index in [9.17, 15) is 14.4 Å². The van der Waals surface area contributed by atoms with Crippen molar-refractivity contribution >= 4 is 23.8 Å². The summed E-state index contributed by atoms with van der Waals surface area (Å²) in [6.07, 6.45) is -0.388. The van der Waals surface area contributed by atoms with Crippen molar-refractivity contribution in [1.29, 1.82) is 0 Å². The number of nitrogens with one attached hydrogen (secondary N) is 2. The zero-order valence-electron chi connectivity index (χ0n) is 21.0. The van der Waals surface area contributed by atoms with E-state index in [1.165, 1.54) is 6.92 Å². The minimum absolute atomic E-state index is 0.0835. The van der Waals surface area contributed by atoms with Gasteiger partial charge in [-0.25, -0.2) is 9.59 Å². The summed E-state index contributed by atoms with van der Waals surface area (Å²) >= 11 is 0. The monoisotopic (exact) mass is 487 g/mol. The number of hydrogen-bond acceptors (Lipinski definition) is 8. The van der Waals surface area contributed by atoms with Crippen LogP contribution in [0, 0.1) is 0 Å². The summed E-state index contributed by atoms with van der Waals surface area (Å²) in [5.41, 5.74) is 1.54. The van der Waals surface area contributed by atoms with Crippen LogP contribution in [0.3, 0.4) is 0 Å². The van der Waals surface area contributed by atoms with Gasteiger partial charge < -0.3 is 29.5 Å². The predicted octanol–water partition coefficient (Wildman–Crippen LogP) is 3.74. The Morgan fingerprint density at radius 1 is 1.23 bits per heavy atom. The van der Waals surface area contributed by atoms with Crippen LogP contribution in [0.15, 0.2) is 22.7 Å². The van der Waals surface area contributed by atoms with Crippen LogP contribution in [-0.2, 0) is 20.7 Å². The summed E-state index contributed by atoms with van der Waals surface area (Å²) in [5.74, 6) is 0.637. The van der Waals surface area contributed by atoms with Gasteiger partial charge in [0, 0.05) is 37.7 Å². The van der Waals surface area contributed by atoms with E-state index in [0.717, 1.165) is 5.56 Å². The molecule has 1 aliphatic rings. The lowest BCUT2D eigenvalue weighted by atomic mass is 9.94. The number of fused-ring (bicyclic) bond motifs is 1. The average molecular weight is 488 g/mol. The van der Waals surface area contributed by atoms with Crippen molar-refractivity contribution < 1.29 is 28.4 Å². The second-order valence-electron chi connectivity index (χ2n) is 9.58. The fourth-order valence-corrected chi connectivity index (χ4v) is 3.68. The Labute approximate surface area is 204 Å². The van der Waals surface area contributed by atoms with Gasteiger partial charge in [-0.15, -0.1) is 0 Å². The van der Waals surface area contributed by atoms with Crippen LogP contribution in [0.2, 0.25) is 0 Å². The van der Waals surface area contributed by atoms with Crippen LogP contribution >= 0.6 is 0 Å². The lowest BCUT2D eigenvalue weighted by Gasteiger charge is -2.34. The molecule has 2 heterocycles. The Kier molecular flexibility index (Phi) is 7.98. The van der Waals surface area contributed by atoms with Crippen molar-refractivity contribution in [2.75, 3.05) is 18.0 Å². The van der Waals surface area contributed by atoms with Gasteiger partial charge in [-0.1, -0.05) is 5.16 Å². The summed E-state index contributed by atoms with van der Waals surface area (Å²) in [7, 11) is 0. The maximum Gasteiger partial charge on any atom is 0.407 e. The maximum absolute atomic E-state index is 12.2. The molecule has 3 amide bonds. The van der Waals surface area contributed by atoms with Crippen LogP contribution in [0.25, 0.3) is 11.5 Å². The number of anilines is 1. The third-order valence-electron chi connectivity index (χ3n) is 5.08. The molecular weight excluding hydrogens is 454 g/mol. The van der Waals surface area contributed by atoms with Crippen LogP contribution in [-0.4, -0.2) is 53.0 Å². The van der Waals surface area contributed by atoms with Gasteiger partial charge in [-0.2, -0.15) is 4.98 Å². The van der Waals surface area contributed by atoms with Gasteiger partial charge in [0.25, 0.3) is 5.89 Å². The maximum atomic E-state index is 12.2. The number of carbonyl (C=O) groups is 3. The number of carbonyl (C=O) groups excluding carboxylic acids is 3. The first-order valence-electron chi connectivity index (χ1n) is 11.6. The van der Waals surface area contributed by atoms with Crippen LogP contribution in [0.5, 0.6) is 0 Å². The van der Waals surface area contributed by atoms with Gasteiger partial charge >= 0.3 is 12.2 Å². The molecule has 1 aromatic carbocycles. The lowest BCUT2D eigenvalue weighted by Crippen LogP contribution is -2.40. The first-order valence-corrected chi connectivity index (χ1v) is 11.6. The zero-order chi connectivity index (χ0) is 25.8. The molecule has 0 saturated carbocycles. The van der Waals surface area contributed by atoms with Gasteiger partial charge in [0.15, 0.2) is 5.82 Å². The van der Waals surface area contributed by atoms with Crippen molar-refractivity contribution in [1.82, 2.24) is 20.8 Å². The SMILES string of the molecule is CC(=O)N1CCC(NC(=O)OC(C)C)c2cc(-c3nc(CCNC(=O)OC(C)(C)C)no3)ccc21. The number of rotatable bonds is 6. The third-order valence-corrected chi connectivity index (χ3v) is 5.08. The Morgan fingerprint density at radius 3 is 2.63 bits per heavy atom. The molecule has 0 aliphatic carbocycles. The molecule has 2 aromatic rings. The molecule has 2 N–H and O–H groups in total. The molecule has 0 radical (unpaired) electrons. The number of hydrogen-bond donors (Lipinski definition) is 2. The van der Waals surface area contributed by atoms with Crippen molar-refractivity contribution in [3.05, 3.63) is 29.6 Å². The molecule has 190 valence electrons. The van der Waals surface area contributed by atoms with Crippen LogP contribution in [0.1, 0.15) is 65.4 Å². The van der Waals surface area contributed by atoms with E-state index < -0.39 is 17.8 Å². The van der Waals surface area contributed by atoms with Crippen molar-refractivity contribution in [3.63, 3.8) is 0 Å². The molecule has 0 bridgehead atoms. The van der Waals surface area contributed by atoms with Gasteiger partial charge in [-0.05, 0) is 64.8 Å². The largest absolute Gasteiger partial charge is 0.447 e. The minimum atomic E-state index is -0.577. The molecule has 11 nitrogen and oxygen atoms in total. The number of ether oxygens (including phenoxy) is 2. The predicted molar refractivity (Wildman–Crippen MR) is 128 cm³/mol. The molecule has 3 rings (SSSR count). The zero-order valence-corrected chi connectivity index (χ0v) is 21.0. The highest BCUT2D eigenvalue weighted by molar-refractivity contribution is 5.93. The van der Waals surface area contributed by atoms with Crippen molar-refractivity contribution in [2.45, 2.75) is 72.1 Å². The second-order valence-corrected chi connectivity index (χ2v) is 9.58. The Balaban J connectivity index is 1.75. The normalized spacial score (nSPS) is 15.4. The van der Waals surface area contributed by atoms with E-state index in [1.807, 2.05) is 12.1 Å². The fourth-order valence-electron chi connectivity index (χ4n) is 3.68. The summed E-state index contributed by atoms with van der Waals surface area (Å²) in [6, 6.07) is 5.09. The van der Waals surface area contributed by atoms with Gasteiger partial charge in [0.1, 0.15) is 5.60 Å². The van der Waals surface area contributed by atoms with Crippen LogP contribution in [0.4, 0.5) is 15.3 Å².